The highest BCUT2D eigenvalue weighted by Gasteiger charge is 2.36. The van der Waals surface area contributed by atoms with Gasteiger partial charge in [-0.25, -0.2) is 0 Å². The topological polar surface area (TPSA) is 16.4 Å². The molecule has 1 aliphatic carbocycles. The van der Waals surface area contributed by atoms with E-state index in [0.717, 1.165) is 39.0 Å². The van der Waals surface area contributed by atoms with Crippen LogP contribution in [0.2, 0.25) is 0 Å². The van der Waals surface area contributed by atoms with Crippen molar-refractivity contribution in [2.45, 2.75) is 19.3 Å². The van der Waals surface area contributed by atoms with Crippen LogP contribution in [-0.4, -0.2) is 0 Å². The Morgan fingerprint density at radius 3 is 1.98 bits per heavy atom. The lowest BCUT2D eigenvalue weighted by molar-refractivity contribution is 0.660. The molecule has 0 N–H and O–H groups in total. The molecule has 0 amide bonds. The summed E-state index contributed by atoms with van der Waals surface area (Å²) in [6.07, 6.45) is 0. The van der Waals surface area contributed by atoms with Gasteiger partial charge >= 0.3 is 0 Å². The van der Waals surface area contributed by atoms with E-state index in [1.807, 2.05) is 17.4 Å². The van der Waals surface area contributed by atoms with E-state index in [1.54, 1.807) is 0 Å². The molecular weight excluding hydrogens is 675 g/mol. The van der Waals surface area contributed by atoms with Crippen molar-refractivity contribution >= 4 is 70.5 Å². The van der Waals surface area contributed by atoms with Gasteiger partial charge in [0.25, 0.3) is 0 Å². The summed E-state index contributed by atoms with van der Waals surface area (Å²) < 4.78 is 9.09. The van der Waals surface area contributed by atoms with Crippen LogP contribution in [0.25, 0.3) is 75.5 Å². The minimum Gasteiger partial charge on any atom is -0.456 e. The average Bonchev–Trinajstić information content (AvgIpc) is 3.86. The van der Waals surface area contributed by atoms with E-state index in [1.165, 1.54) is 64.7 Å². The Morgan fingerprint density at radius 2 is 1.11 bits per heavy atom. The van der Waals surface area contributed by atoms with Gasteiger partial charge in [-0.05, 0) is 87.5 Å². The van der Waals surface area contributed by atoms with E-state index < -0.39 is 0 Å². The van der Waals surface area contributed by atoms with Gasteiger partial charge in [0.05, 0.1) is 5.69 Å². The van der Waals surface area contributed by atoms with Crippen molar-refractivity contribution < 1.29 is 4.42 Å². The van der Waals surface area contributed by atoms with Gasteiger partial charge < -0.3 is 9.32 Å². The number of thiophene rings is 1. The zero-order chi connectivity index (χ0) is 36.0. The SMILES string of the molecule is CC1(C)c2ccccc2-c2ccc(N(c3ccc4c(c3)oc3ccccc34)c3ccc4sc5ccccc5c4c3-c3ccc(-c4ccccc4)cc3)cc21. The molecule has 3 heteroatoms. The number of benzene rings is 8. The van der Waals surface area contributed by atoms with Gasteiger partial charge in [0, 0.05) is 59.4 Å². The molecule has 11 rings (SSSR count). The number of anilines is 3. The van der Waals surface area contributed by atoms with Crippen molar-refractivity contribution in [1.29, 1.82) is 0 Å². The molecule has 8 aromatic carbocycles. The number of fused-ring (bicyclic) bond motifs is 9. The Balaban J connectivity index is 1.20. The molecule has 1 aliphatic rings. The lowest BCUT2D eigenvalue weighted by Gasteiger charge is -2.30. The molecule has 0 atom stereocenters. The van der Waals surface area contributed by atoms with E-state index >= 15 is 0 Å². The second kappa shape index (κ2) is 11.8. The number of para-hydroxylation sites is 1. The molecule has 256 valence electrons. The molecule has 0 saturated carbocycles. The highest BCUT2D eigenvalue weighted by atomic mass is 32.1. The van der Waals surface area contributed by atoms with Crippen molar-refractivity contribution in [3.05, 3.63) is 187 Å². The summed E-state index contributed by atoms with van der Waals surface area (Å²) in [5, 5.41) is 4.81. The third-order valence-electron chi connectivity index (χ3n) is 11.5. The molecule has 0 saturated heterocycles. The Morgan fingerprint density at radius 1 is 0.463 bits per heavy atom. The quantitative estimate of drug-likeness (QED) is 0.177. The second-order valence-electron chi connectivity index (χ2n) is 14.9. The van der Waals surface area contributed by atoms with Crippen molar-refractivity contribution in [2.24, 2.45) is 0 Å². The van der Waals surface area contributed by atoms with Gasteiger partial charge in [-0.1, -0.05) is 135 Å². The Hall–Kier alpha value is -6.42. The molecule has 0 radical (unpaired) electrons. The average molecular weight is 710 g/mol. The molecule has 0 fully saturated rings. The first kappa shape index (κ1) is 31.1. The van der Waals surface area contributed by atoms with E-state index in [9.17, 15) is 0 Å². The zero-order valence-electron chi connectivity index (χ0n) is 30.0. The van der Waals surface area contributed by atoms with E-state index in [-0.39, 0.29) is 5.41 Å². The van der Waals surface area contributed by atoms with Crippen molar-refractivity contribution in [2.75, 3.05) is 4.90 Å². The molecule has 2 heterocycles. The Labute approximate surface area is 318 Å². The number of furan rings is 1. The summed E-state index contributed by atoms with van der Waals surface area (Å²) in [7, 11) is 0. The summed E-state index contributed by atoms with van der Waals surface area (Å²) in [6.45, 7) is 4.71. The van der Waals surface area contributed by atoms with Gasteiger partial charge in [0.2, 0.25) is 0 Å². The van der Waals surface area contributed by atoms with Crippen LogP contribution >= 0.6 is 11.3 Å². The number of hydrogen-bond donors (Lipinski definition) is 0. The summed E-state index contributed by atoms with van der Waals surface area (Å²) in [4.78, 5) is 2.46. The summed E-state index contributed by atoms with van der Waals surface area (Å²) in [5.41, 5.74) is 15.1. The predicted octanol–water partition coefficient (Wildman–Crippen LogP) is 15.1. The molecule has 2 nitrogen and oxygen atoms in total. The summed E-state index contributed by atoms with van der Waals surface area (Å²) in [6, 6.07) is 64.2. The van der Waals surface area contributed by atoms with E-state index in [4.69, 9.17) is 4.42 Å². The van der Waals surface area contributed by atoms with Crippen LogP contribution in [0.5, 0.6) is 0 Å². The first-order valence-corrected chi connectivity index (χ1v) is 19.4. The summed E-state index contributed by atoms with van der Waals surface area (Å²) in [5.74, 6) is 0. The zero-order valence-corrected chi connectivity index (χ0v) is 30.8. The highest BCUT2D eigenvalue weighted by Crippen LogP contribution is 2.53. The highest BCUT2D eigenvalue weighted by molar-refractivity contribution is 7.26. The van der Waals surface area contributed by atoms with Crippen LogP contribution in [0.15, 0.2) is 180 Å². The van der Waals surface area contributed by atoms with Gasteiger partial charge in [-0.3, -0.25) is 0 Å². The van der Waals surface area contributed by atoms with Crippen molar-refractivity contribution in [3.63, 3.8) is 0 Å². The number of rotatable bonds is 5. The number of nitrogens with zero attached hydrogens (tertiary/aromatic N) is 1. The first-order valence-electron chi connectivity index (χ1n) is 18.6. The number of hydrogen-bond acceptors (Lipinski definition) is 3. The largest absolute Gasteiger partial charge is 0.456 e. The Kier molecular flexibility index (Phi) is 6.80. The molecule has 0 unspecified atom stereocenters. The van der Waals surface area contributed by atoms with Crippen LogP contribution in [-0.2, 0) is 5.41 Å². The van der Waals surface area contributed by atoms with Gasteiger partial charge in [0.15, 0.2) is 0 Å². The Bertz CT molecular complexity index is 3080. The smallest absolute Gasteiger partial charge is 0.137 e. The van der Waals surface area contributed by atoms with Crippen LogP contribution in [0, 0.1) is 0 Å². The van der Waals surface area contributed by atoms with Crippen LogP contribution in [0.3, 0.4) is 0 Å². The van der Waals surface area contributed by atoms with Gasteiger partial charge in [-0.2, -0.15) is 0 Å². The second-order valence-corrected chi connectivity index (χ2v) is 16.0. The molecule has 0 bridgehead atoms. The van der Waals surface area contributed by atoms with E-state index in [0.29, 0.717) is 0 Å². The normalized spacial score (nSPS) is 13.1. The van der Waals surface area contributed by atoms with E-state index in [2.05, 4.69) is 189 Å². The van der Waals surface area contributed by atoms with Gasteiger partial charge in [-0.15, -0.1) is 11.3 Å². The van der Waals surface area contributed by atoms with Crippen molar-refractivity contribution in [3.8, 4) is 33.4 Å². The fourth-order valence-corrected chi connectivity index (χ4v) is 9.97. The molecule has 10 aromatic rings. The molecule has 2 aromatic heterocycles. The minimum atomic E-state index is -0.139. The third-order valence-corrected chi connectivity index (χ3v) is 12.6. The van der Waals surface area contributed by atoms with Crippen LogP contribution in [0.1, 0.15) is 25.0 Å². The maximum Gasteiger partial charge on any atom is 0.137 e. The minimum absolute atomic E-state index is 0.139. The fraction of sp³-hybridized carbons (Fsp3) is 0.0588. The molecule has 0 aliphatic heterocycles. The van der Waals surface area contributed by atoms with Crippen LogP contribution < -0.4 is 4.90 Å². The first-order chi connectivity index (χ1) is 26.5. The van der Waals surface area contributed by atoms with Crippen molar-refractivity contribution in [1.82, 2.24) is 0 Å². The fourth-order valence-electron chi connectivity index (χ4n) is 8.86. The predicted molar refractivity (Wildman–Crippen MR) is 230 cm³/mol. The maximum absolute atomic E-state index is 6.52. The molecule has 0 spiro atoms. The van der Waals surface area contributed by atoms with Gasteiger partial charge in [0.1, 0.15) is 11.2 Å². The lowest BCUT2D eigenvalue weighted by atomic mass is 9.82. The van der Waals surface area contributed by atoms with Crippen LogP contribution in [0.4, 0.5) is 17.1 Å². The molecular formula is C51H35NOS. The monoisotopic (exact) mass is 709 g/mol. The maximum atomic E-state index is 6.52. The standard InChI is InChI=1S/C51H35NOS/c1-51(2)42-17-9-6-14-37(42)38-26-24-35(30-43(38)51)52(36-25-27-40-39-15-7-10-18-45(39)53-46(40)31-36)44-28-29-48-50(41-16-8-11-19-47(41)54-48)49(44)34-22-20-33(21-23-34)32-12-4-3-5-13-32/h3-31H,1-2H3. The summed E-state index contributed by atoms with van der Waals surface area (Å²) >= 11 is 1.86. The third kappa shape index (κ3) is 4.65. The lowest BCUT2D eigenvalue weighted by Crippen LogP contribution is -2.17. The molecule has 54 heavy (non-hydrogen) atoms.